The molecule has 1 aliphatic carbocycles. The van der Waals surface area contributed by atoms with Crippen LogP contribution in [0.2, 0.25) is 0 Å². The molecular weight excluding hydrogens is 509 g/mol. The minimum absolute atomic E-state index is 0.0147. The summed E-state index contributed by atoms with van der Waals surface area (Å²) in [5.74, 6) is -0.130. The Labute approximate surface area is 231 Å². The van der Waals surface area contributed by atoms with E-state index in [1.165, 1.54) is 6.07 Å². The van der Waals surface area contributed by atoms with Crippen LogP contribution in [0.3, 0.4) is 0 Å². The fourth-order valence-electron chi connectivity index (χ4n) is 6.18. The average Bonchev–Trinajstić information content (AvgIpc) is 3.51. The molecule has 1 aliphatic heterocycles. The second-order valence-electron chi connectivity index (χ2n) is 10.8. The zero-order valence-corrected chi connectivity index (χ0v) is 22.7. The molecule has 40 heavy (non-hydrogen) atoms. The molecule has 0 unspecified atom stereocenters. The van der Waals surface area contributed by atoms with Gasteiger partial charge in [0.15, 0.2) is 0 Å². The SMILES string of the molecule is Cc1cc(-c2ccn(C)c(=O)c2)cc(C)c1-c1ccc(F)c2c1CC[C@H]2Oc1ccc2c(c1)OC[C@H]2CC(=O)O. The van der Waals surface area contributed by atoms with Crippen LogP contribution in [0.1, 0.15) is 52.7 Å². The Morgan fingerprint density at radius 1 is 1.07 bits per heavy atom. The van der Waals surface area contributed by atoms with Gasteiger partial charge in [-0.25, -0.2) is 4.39 Å². The van der Waals surface area contributed by atoms with Crippen LogP contribution in [0, 0.1) is 19.7 Å². The molecule has 0 saturated heterocycles. The molecule has 2 heterocycles. The monoisotopic (exact) mass is 539 g/mol. The molecular formula is C33H30FNO5. The highest BCUT2D eigenvalue weighted by Gasteiger charge is 2.32. The third kappa shape index (κ3) is 4.55. The quantitative estimate of drug-likeness (QED) is 0.303. The number of pyridine rings is 1. The molecule has 2 aliphatic rings. The summed E-state index contributed by atoms with van der Waals surface area (Å²) in [4.78, 5) is 23.3. The van der Waals surface area contributed by atoms with Crippen molar-refractivity contribution in [1.29, 1.82) is 0 Å². The molecule has 0 amide bonds. The van der Waals surface area contributed by atoms with Crippen molar-refractivity contribution in [2.24, 2.45) is 7.05 Å². The smallest absolute Gasteiger partial charge is 0.304 e. The third-order valence-electron chi connectivity index (χ3n) is 8.09. The predicted octanol–water partition coefficient (Wildman–Crippen LogP) is 6.49. The van der Waals surface area contributed by atoms with E-state index in [2.05, 4.69) is 12.1 Å². The summed E-state index contributed by atoms with van der Waals surface area (Å²) in [6.45, 7) is 4.43. The number of nitrogens with zero attached hydrogens (tertiary/aromatic N) is 1. The van der Waals surface area contributed by atoms with Crippen LogP contribution in [-0.2, 0) is 18.3 Å². The second kappa shape index (κ2) is 9.97. The molecule has 7 heteroatoms. The summed E-state index contributed by atoms with van der Waals surface area (Å²) in [5.41, 5.74) is 8.36. The Morgan fingerprint density at radius 3 is 2.58 bits per heavy atom. The number of halogens is 1. The van der Waals surface area contributed by atoms with E-state index in [0.29, 0.717) is 36.5 Å². The first-order chi connectivity index (χ1) is 19.2. The molecule has 0 bridgehead atoms. The van der Waals surface area contributed by atoms with Crippen molar-refractivity contribution in [2.75, 3.05) is 6.61 Å². The van der Waals surface area contributed by atoms with Crippen molar-refractivity contribution >= 4 is 5.97 Å². The average molecular weight is 540 g/mol. The number of rotatable bonds is 6. The van der Waals surface area contributed by atoms with Gasteiger partial charge < -0.3 is 19.1 Å². The Bertz CT molecular complexity index is 1700. The highest BCUT2D eigenvalue weighted by Crippen LogP contribution is 2.45. The molecule has 6 nitrogen and oxygen atoms in total. The molecule has 0 spiro atoms. The number of carboxylic acid groups (broad SMARTS) is 1. The van der Waals surface area contributed by atoms with Gasteiger partial charge in [-0.1, -0.05) is 24.3 Å². The lowest BCUT2D eigenvalue weighted by Crippen LogP contribution is -2.14. The van der Waals surface area contributed by atoms with Crippen LogP contribution in [0.5, 0.6) is 11.5 Å². The summed E-state index contributed by atoms with van der Waals surface area (Å²) >= 11 is 0. The highest BCUT2D eigenvalue weighted by molar-refractivity contribution is 5.79. The van der Waals surface area contributed by atoms with Crippen LogP contribution < -0.4 is 15.0 Å². The lowest BCUT2D eigenvalue weighted by atomic mass is 9.88. The number of carbonyl (C=O) groups is 1. The number of hydrogen-bond acceptors (Lipinski definition) is 4. The van der Waals surface area contributed by atoms with E-state index in [1.54, 1.807) is 29.9 Å². The highest BCUT2D eigenvalue weighted by atomic mass is 19.1. The van der Waals surface area contributed by atoms with E-state index in [9.17, 15) is 9.59 Å². The molecule has 204 valence electrons. The van der Waals surface area contributed by atoms with Crippen molar-refractivity contribution in [3.63, 3.8) is 0 Å². The van der Waals surface area contributed by atoms with E-state index in [1.807, 2.05) is 38.1 Å². The number of aliphatic carboxylic acids is 1. The van der Waals surface area contributed by atoms with Gasteiger partial charge in [-0.05, 0) is 83.8 Å². The van der Waals surface area contributed by atoms with Gasteiger partial charge in [0.05, 0.1) is 13.0 Å². The normalized spacial score (nSPS) is 17.3. The zero-order chi connectivity index (χ0) is 28.1. The predicted molar refractivity (Wildman–Crippen MR) is 151 cm³/mol. The summed E-state index contributed by atoms with van der Waals surface area (Å²) in [6, 6.07) is 16.6. The van der Waals surface area contributed by atoms with Gasteiger partial charge in [-0.2, -0.15) is 0 Å². The molecule has 0 saturated carbocycles. The number of aryl methyl sites for hydroxylation is 3. The van der Waals surface area contributed by atoms with Gasteiger partial charge in [-0.3, -0.25) is 9.59 Å². The minimum Gasteiger partial charge on any atom is -0.492 e. The molecule has 4 aromatic rings. The molecule has 1 N–H and O–H groups in total. The van der Waals surface area contributed by atoms with Crippen molar-refractivity contribution in [1.82, 2.24) is 4.57 Å². The molecule has 3 aromatic carbocycles. The Morgan fingerprint density at radius 2 is 1.85 bits per heavy atom. The Hall–Kier alpha value is -4.39. The first-order valence-corrected chi connectivity index (χ1v) is 13.4. The van der Waals surface area contributed by atoms with E-state index in [-0.39, 0.29) is 23.7 Å². The van der Waals surface area contributed by atoms with Gasteiger partial charge >= 0.3 is 5.97 Å². The van der Waals surface area contributed by atoms with Gasteiger partial charge in [0.1, 0.15) is 23.4 Å². The second-order valence-corrected chi connectivity index (χ2v) is 10.8. The van der Waals surface area contributed by atoms with E-state index in [4.69, 9.17) is 14.6 Å². The van der Waals surface area contributed by atoms with Crippen molar-refractivity contribution in [3.05, 3.63) is 105 Å². The maximum Gasteiger partial charge on any atom is 0.304 e. The van der Waals surface area contributed by atoms with Gasteiger partial charge in [0.25, 0.3) is 5.56 Å². The van der Waals surface area contributed by atoms with Gasteiger partial charge in [0, 0.05) is 42.4 Å². The molecule has 0 radical (unpaired) electrons. The number of aromatic nitrogens is 1. The number of fused-ring (bicyclic) bond motifs is 2. The minimum atomic E-state index is -0.860. The number of benzene rings is 3. The van der Waals surface area contributed by atoms with Crippen LogP contribution in [-0.4, -0.2) is 22.2 Å². The van der Waals surface area contributed by atoms with E-state index in [0.717, 1.165) is 44.5 Å². The first-order valence-electron chi connectivity index (χ1n) is 13.4. The molecule has 6 rings (SSSR count). The third-order valence-corrected chi connectivity index (χ3v) is 8.09. The van der Waals surface area contributed by atoms with Crippen molar-refractivity contribution in [2.45, 2.75) is 45.1 Å². The molecule has 0 fully saturated rings. The van der Waals surface area contributed by atoms with Crippen LogP contribution in [0.15, 0.2) is 65.6 Å². The number of ether oxygens (including phenoxy) is 2. The maximum atomic E-state index is 15.3. The summed E-state index contributed by atoms with van der Waals surface area (Å²) in [5, 5.41) is 9.16. The largest absolute Gasteiger partial charge is 0.492 e. The van der Waals surface area contributed by atoms with Crippen molar-refractivity contribution < 1.29 is 23.8 Å². The van der Waals surface area contributed by atoms with Crippen LogP contribution in [0.4, 0.5) is 4.39 Å². The van der Waals surface area contributed by atoms with Crippen molar-refractivity contribution in [3.8, 4) is 33.8 Å². The first kappa shape index (κ1) is 25.9. The summed E-state index contributed by atoms with van der Waals surface area (Å²) in [7, 11) is 1.73. The zero-order valence-electron chi connectivity index (χ0n) is 22.7. The summed E-state index contributed by atoms with van der Waals surface area (Å²) in [6.07, 6.45) is 2.67. The summed E-state index contributed by atoms with van der Waals surface area (Å²) < 4.78 is 28.9. The Kier molecular flexibility index (Phi) is 6.45. The maximum absolute atomic E-state index is 15.3. The van der Waals surface area contributed by atoms with E-state index < -0.39 is 12.1 Å². The number of carboxylic acids is 1. The van der Waals surface area contributed by atoms with Crippen LogP contribution in [0.25, 0.3) is 22.3 Å². The lowest BCUT2D eigenvalue weighted by molar-refractivity contribution is -0.137. The number of hydrogen-bond donors (Lipinski definition) is 1. The molecule has 1 aromatic heterocycles. The standard InChI is InChI=1S/C33H30FNO5/c1-18-12-21(20-10-11-35(3)30(36)14-20)13-19(2)32(18)25-6-8-27(34)33-26(25)7-9-28(33)40-23-4-5-24-22(15-31(37)38)17-39-29(24)16-23/h4-6,8,10-14,16,22,28H,7,9,15,17H2,1-3H3,(H,37,38)/t22-,28-/m1/s1. The molecule has 2 atom stereocenters. The van der Waals surface area contributed by atoms with Crippen LogP contribution >= 0.6 is 0 Å². The lowest BCUT2D eigenvalue weighted by Gasteiger charge is -2.19. The fraction of sp³-hybridized carbons (Fsp3) is 0.273. The fourth-order valence-corrected chi connectivity index (χ4v) is 6.18. The van der Waals surface area contributed by atoms with Gasteiger partial charge in [-0.15, -0.1) is 0 Å². The Balaban J connectivity index is 1.31. The van der Waals surface area contributed by atoms with Gasteiger partial charge in [0.2, 0.25) is 0 Å². The topological polar surface area (TPSA) is 77.8 Å². The van der Waals surface area contributed by atoms with E-state index >= 15 is 4.39 Å².